The summed E-state index contributed by atoms with van der Waals surface area (Å²) in [5, 5.41) is 5.20. The number of nitrogens with one attached hydrogen (secondary N) is 1. The summed E-state index contributed by atoms with van der Waals surface area (Å²) in [7, 11) is 0. The van der Waals surface area contributed by atoms with Crippen molar-refractivity contribution < 1.29 is 17.2 Å². The molecule has 0 atom stereocenters. The number of rotatable bonds is 4. The third-order valence-corrected chi connectivity index (χ3v) is 4.85. The van der Waals surface area contributed by atoms with Crippen molar-refractivity contribution in [1.29, 1.82) is 0 Å². The van der Waals surface area contributed by atoms with Gasteiger partial charge in [-0.2, -0.15) is 0 Å². The second-order valence-corrected chi connectivity index (χ2v) is 7.14. The van der Waals surface area contributed by atoms with Gasteiger partial charge in [-0.05, 0) is 49.4 Å². The first-order valence-electron chi connectivity index (χ1n) is 8.61. The SMILES string of the molecule is CC(=O)c1cccc(Nc2nc(-c3ccc(Cl)cc3Cl)nc3ccccc23)c1.[Cl-]. The van der Waals surface area contributed by atoms with E-state index in [1.807, 2.05) is 36.4 Å². The van der Waals surface area contributed by atoms with E-state index in [-0.39, 0.29) is 18.2 Å². The number of Topliss-reactive ketones (excluding diaryl/α,β-unsaturated/α-hetero) is 1. The summed E-state index contributed by atoms with van der Waals surface area (Å²) in [6.45, 7) is 1.54. The van der Waals surface area contributed by atoms with Gasteiger partial charge in [0, 0.05) is 27.2 Å². The monoisotopic (exact) mass is 442 g/mol. The fourth-order valence-electron chi connectivity index (χ4n) is 2.92. The molecule has 146 valence electrons. The second kappa shape index (κ2) is 8.78. The van der Waals surface area contributed by atoms with Gasteiger partial charge in [-0.3, -0.25) is 4.79 Å². The lowest BCUT2D eigenvalue weighted by Gasteiger charge is -2.12. The standard InChI is InChI=1S/C22H15Cl2N3O.ClH/c1-13(28)14-5-4-6-16(11-14)25-22-18-7-2-3-8-20(18)26-21(27-22)17-10-9-15(23)12-19(17)24;/h2-12H,1H3,(H,25,26,27);1H/p-1. The number of anilines is 2. The molecule has 1 aromatic heterocycles. The average molecular weight is 444 g/mol. The first-order valence-corrected chi connectivity index (χ1v) is 9.37. The van der Waals surface area contributed by atoms with Crippen LogP contribution in [0.25, 0.3) is 22.3 Å². The highest BCUT2D eigenvalue weighted by atomic mass is 35.5. The lowest BCUT2D eigenvalue weighted by molar-refractivity contribution is -0.0000134. The first kappa shape index (κ1) is 21.1. The van der Waals surface area contributed by atoms with Crippen LogP contribution in [-0.2, 0) is 0 Å². The number of carbonyl (C=O) groups excluding carboxylic acids is 1. The van der Waals surface area contributed by atoms with Crippen LogP contribution in [-0.4, -0.2) is 15.8 Å². The molecule has 0 aliphatic carbocycles. The Kier molecular flexibility index (Phi) is 6.38. The maximum absolute atomic E-state index is 11.7. The molecule has 0 saturated carbocycles. The van der Waals surface area contributed by atoms with Crippen LogP contribution in [0.4, 0.5) is 11.5 Å². The summed E-state index contributed by atoms with van der Waals surface area (Å²) in [5.41, 5.74) is 2.87. The summed E-state index contributed by atoms with van der Waals surface area (Å²) in [5.74, 6) is 1.13. The Morgan fingerprint density at radius 2 is 1.72 bits per heavy atom. The van der Waals surface area contributed by atoms with Crippen molar-refractivity contribution in [2.45, 2.75) is 6.92 Å². The number of halogens is 3. The molecule has 0 saturated heterocycles. The zero-order chi connectivity index (χ0) is 19.7. The summed E-state index contributed by atoms with van der Waals surface area (Å²) >= 11 is 12.4. The smallest absolute Gasteiger partial charge is 0.163 e. The Morgan fingerprint density at radius 3 is 2.48 bits per heavy atom. The number of benzene rings is 3. The first-order chi connectivity index (χ1) is 13.5. The summed E-state index contributed by atoms with van der Waals surface area (Å²) in [4.78, 5) is 21.0. The van der Waals surface area contributed by atoms with Gasteiger partial charge < -0.3 is 17.7 Å². The number of nitrogens with zero attached hydrogens (tertiary/aromatic N) is 2. The molecule has 0 bridgehead atoms. The van der Waals surface area contributed by atoms with E-state index in [0.717, 1.165) is 16.6 Å². The van der Waals surface area contributed by atoms with E-state index in [0.29, 0.717) is 32.8 Å². The summed E-state index contributed by atoms with van der Waals surface area (Å²) < 4.78 is 0. The lowest BCUT2D eigenvalue weighted by atomic mass is 10.1. The van der Waals surface area contributed by atoms with Crippen LogP contribution in [0.1, 0.15) is 17.3 Å². The molecule has 29 heavy (non-hydrogen) atoms. The fraction of sp³-hybridized carbons (Fsp3) is 0.0455. The molecule has 0 aliphatic rings. The summed E-state index contributed by atoms with van der Waals surface area (Å²) in [6, 6.07) is 20.2. The van der Waals surface area contributed by atoms with E-state index in [9.17, 15) is 4.79 Å². The molecular formula is C22H15Cl3N3O-. The molecule has 3 aromatic carbocycles. The Labute approximate surface area is 184 Å². The van der Waals surface area contributed by atoms with Gasteiger partial charge in [-0.1, -0.05) is 47.5 Å². The van der Waals surface area contributed by atoms with Gasteiger partial charge in [0.2, 0.25) is 0 Å². The van der Waals surface area contributed by atoms with E-state index >= 15 is 0 Å². The van der Waals surface area contributed by atoms with Gasteiger partial charge in [-0.15, -0.1) is 0 Å². The number of aromatic nitrogens is 2. The number of fused-ring (bicyclic) bond motifs is 1. The Balaban J connectivity index is 0.00000240. The number of para-hydroxylation sites is 1. The van der Waals surface area contributed by atoms with Crippen LogP contribution >= 0.6 is 23.2 Å². The van der Waals surface area contributed by atoms with E-state index < -0.39 is 0 Å². The lowest BCUT2D eigenvalue weighted by Crippen LogP contribution is -3.00. The van der Waals surface area contributed by atoms with Crippen molar-refractivity contribution >= 4 is 51.4 Å². The molecule has 0 unspecified atom stereocenters. The van der Waals surface area contributed by atoms with Crippen molar-refractivity contribution in [2.24, 2.45) is 0 Å². The van der Waals surface area contributed by atoms with E-state index in [1.54, 1.807) is 37.3 Å². The molecular weight excluding hydrogens is 429 g/mol. The van der Waals surface area contributed by atoms with Crippen molar-refractivity contribution in [3.63, 3.8) is 0 Å². The van der Waals surface area contributed by atoms with Gasteiger partial charge in [0.25, 0.3) is 0 Å². The Morgan fingerprint density at radius 1 is 0.931 bits per heavy atom. The molecule has 0 amide bonds. The molecule has 0 aliphatic heterocycles. The second-order valence-electron chi connectivity index (χ2n) is 6.30. The van der Waals surface area contributed by atoms with Gasteiger partial charge in [-0.25, -0.2) is 9.97 Å². The quantitative estimate of drug-likeness (QED) is 0.490. The normalized spacial score (nSPS) is 10.4. The van der Waals surface area contributed by atoms with Crippen molar-refractivity contribution in [3.8, 4) is 11.4 Å². The highest BCUT2D eigenvalue weighted by Crippen LogP contribution is 2.32. The number of carbonyl (C=O) groups is 1. The molecule has 0 spiro atoms. The predicted molar refractivity (Wildman–Crippen MR) is 115 cm³/mol. The zero-order valence-corrected chi connectivity index (χ0v) is 17.6. The molecule has 1 heterocycles. The molecule has 4 nitrogen and oxygen atoms in total. The maximum Gasteiger partial charge on any atom is 0.163 e. The minimum atomic E-state index is 0. The van der Waals surface area contributed by atoms with E-state index in [2.05, 4.69) is 10.3 Å². The van der Waals surface area contributed by atoms with E-state index in [1.165, 1.54) is 0 Å². The minimum absolute atomic E-state index is 0. The van der Waals surface area contributed by atoms with Gasteiger partial charge >= 0.3 is 0 Å². The number of hydrogen-bond donors (Lipinski definition) is 1. The molecule has 0 radical (unpaired) electrons. The third-order valence-electron chi connectivity index (χ3n) is 4.31. The van der Waals surface area contributed by atoms with Crippen LogP contribution in [0.15, 0.2) is 66.7 Å². The maximum atomic E-state index is 11.7. The van der Waals surface area contributed by atoms with Crippen molar-refractivity contribution in [1.82, 2.24) is 9.97 Å². The molecule has 7 heteroatoms. The average Bonchev–Trinajstić information content (AvgIpc) is 2.68. The highest BCUT2D eigenvalue weighted by molar-refractivity contribution is 6.36. The number of hydrogen-bond acceptors (Lipinski definition) is 4. The van der Waals surface area contributed by atoms with Crippen molar-refractivity contribution in [2.75, 3.05) is 5.32 Å². The summed E-state index contributed by atoms with van der Waals surface area (Å²) in [6.07, 6.45) is 0. The Hall–Kier alpha value is -2.66. The fourth-order valence-corrected chi connectivity index (χ4v) is 3.41. The van der Waals surface area contributed by atoms with Crippen LogP contribution in [0.3, 0.4) is 0 Å². The van der Waals surface area contributed by atoms with Gasteiger partial charge in [0.15, 0.2) is 11.6 Å². The van der Waals surface area contributed by atoms with Gasteiger partial charge in [0.1, 0.15) is 5.82 Å². The zero-order valence-electron chi connectivity index (χ0n) is 15.3. The molecule has 1 N–H and O–H groups in total. The molecule has 4 aromatic rings. The van der Waals surface area contributed by atoms with Gasteiger partial charge in [0.05, 0.1) is 10.5 Å². The third kappa shape index (κ3) is 4.51. The topological polar surface area (TPSA) is 54.9 Å². The van der Waals surface area contributed by atoms with Crippen LogP contribution < -0.4 is 17.7 Å². The van der Waals surface area contributed by atoms with Crippen LogP contribution in [0, 0.1) is 0 Å². The Bertz CT molecular complexity index is 1210. The minimum Gasteiger partial charge on any atom is -1.00 e. The molecule has 4 rings (SSSR count). The number of ketones is 1. The van der Waals surface area contributed by atoms with Crippen LogP contribution in [0.5, 0.6) is 0 Å². The van der Waals surface area contributed by atoms with Crippen molar-refractivity contribution in [3.05, 3.63) is 82.3 Å². The molecule has 0 fully saturated rings. The van der Waals surface area contributed by atoms with E-state index in [4.69, 9.17) is 28.2 Å². The highest BCUT2D eigenvalue weighted by Gasteiger charge is 2.13. The predicted octanol–water partition coefficient (Wildman–Crippen LogP) is 3.55. The largest absolute Gasteiger partial charge is 1.00 e. The van der Waals surface area contributed by atoms with Crippen LogP contribution in [0.2, 0.25) is 10.0 Å².